The van der Waals surface area contributed by atoms with E-state index in [2.05, 4.69) is 31.8 Å². The van der Waals surface area contributed by atoms with Gasteiger partial charge in [0.15, 0.2) is 0 Å². The molecule has 0 radical (unpaired) electrons. The van der Waals surface area contributed by atoms with Gasteiger partial charge in [0, 0.05) is 6.04 Å². The Labute approximate surface area is 95.3 Å². The molecule has 3 unspecified atom stereocenters. The molecule has 3 atom stereocenters. The lowest BCUT2D eigenvalue weighted by Crippen LogP contribution is -2.38. The predicted octanol–water partition coefficient (Wildman–Crippen LogP) is 3.76. The number of rotatable bonds is 6. The van der Waals surface area contributed by atoms with Crippen LogP contribution >= 0.6 is 0 Å². The molecule has 0 heterocycles. The van der Waals surface area contributed by atoms with E-state index in [4.69, 9.17) is 0 Å². The molecule has 88 valence electrons. The van der Waals surface area contributed by atoms with Crippen LogP contribution in [0, 0.1) is 11.8 Å². The van der Waals surface area contributed by atoms with E-state index in [0.717, 1.165) is 24.8 Å². The lowest BCUT2D eigenvalue weighted by Gasteiger charge is -2.33. The summed E-state index contributed by atoms with van der Waals surface area (Å²) in [6.07, 6.45) is 10.1. The monoisotopic (exact) mass is 209 g/mol. The van der Waals surface area contributed by atoms with Gasteiger partial charge in [0.2, 0.25) is 0 Å². The van der Waals surface area contributed by atoms with Crippen LogP contribution in [0.15, 0.2) is 12.7 Å². The molecule has 1 heteroatoms. The van der Waals surface area contributed by atoms with Gasteiger partial charge in [-0.3, -0.25) is 0 Å². The summed E-state index contributed by atoms with van der Waals surface area (Å²) in [6.45, 7) is 9.68. The lowest BCUT2D eigenvalue weighted by atomic mass is 9.77. The van der Waals surface area contributed by atoms with Crippen molar-refractivity contribution in [1.29, 1.82) is 0 Å². The van der Waals surface area contributed by atoms with Crippen molar-refractivity contribution in [1.82, 2.24) is 5.32 Å². The Morgan fingerprint density at radius 1 is 1.47 bits per heavy atom. The van der Waals surface area contributed by atoms with E-state index in [0.29, 0.717) is 6.04 Å². The maximum absolute atomic E-state index is 3.88. The molecule has 0 saturated heterocycles. The zero-order valence-electron chi connectivity index (χ0n) is 10.5. The van der Waals surface area contributed by atoms with Gasteiger partial charge in [-0.2, -0.15) is 0 Å². The van der Waals surface area contributed by atoms with Crippen LogP contribution in [0.2, 0.25) is 0 Å². The third-order valence-electron chi connectivity index (χ3n) is 3.62. The highest BCUT2D eigenvalue weighted by Crippen LogP contribution is 2.31. The van der Waals surface area contributed by atoms with Crippen molar-refractivity contribution in [3.8, 4) is 0 Å². The Bertz CT molecular complexity index is 176. The molecule has 0 aliphatic heterocycles. The standard InChI is InChI=1S/C14H27N/c1-4-7-14(15-10-5-2)13-9-6-8-12(3)11-13/h4,12-15H,1,5-11H2,2-3H3. The molecule has 1 saturated carbocycles. The van der Waals surface area contributed by atoms with Gasteiger partial charge in [-0.05, 0) is 44.1 Å². The fourth-order valence-corrected chi connectivity index (χ4v) is 2.80. The number of hydrogen-bond acceptors (Lipinski definition) is 1. The maximum atomic E-state index is 3.88. The molecule has 0 aromatic carbocycles. The molecule has 1 aliphatic carbocycles. The quantitative estimate of drug-likeness (QED) is 0.657. The van der Waals surface area contributed by atoms with Gasteiger partial charge in [-0.15, -0.1) is 6.58 Å². The van der Waals surface area contributed by atoms with Crippen LogP contribution in [0.25, 0.3) is 0 Å². The first-order chi connectivity index (χ1) is 7.27. The van der Waals surface area contributed by atoms with Crippen molar-refractivity contribution in [3.63, 3.8) is 0 Å². The minimum Gasteiger partial charge on any atom is -0.313 e. The largest absolute Gasteiger partial charge is 0.313 e. The number of hydrogen-bond donors (Lipinski definition) is 1. The maximum Gasteiger partial charge on any atom is 0.0130 e. The average molecular weight is 209 g/mol. The Morgan fingerprint density at radius 2 is 2.27 bits per heavy atom. The van der Waals surface area contributed by atoms with Crippen molar-refractivity contribution < 1.29 is 0 Å². The Morgan fingerprint density at radius 3 is 2.87 bits per heavy atom. The second kappa shape index (κ2) is 7.05. The summed E-state index contributed by atoms with van der Waals surface area (Å²) in [4.78, 5) is 0. The minimum absolute atomic E-state index is 0.685. The summed E-state index contributed by atoms with van der Waals surface area (Å²) in [7, 11) is 0. The third-order valence-corrected chi connectivity index (χ3v) is 3.62. The van der Waals surface area contributed by atoms with Crippen molar-refractivity contribution in [2.45, 2.75) is 58.4 Å². The molecule has 0 aromatic heterocycles. The van der Waals surface area contributed by atoms with E-state index in [-0.39, 0.29) is 0 Å². The van der Waals surface area contributed by atoms with Crippen LogP contribution in [0.3, 0.4) is 0 Å². The second-order valence-corrected chi connectivity index (χ2v) is 5.12. The molecular formula is C14H27N. The smallest absolute Gasteiger partial charge is 0.0130 e. The molecule has 0 spiro atoms. The summed E-state index contributed by atoms with van der Waals surface area (Å²) in [5.41, 5.74) is 0. The van der Waals surface area contributed by atoms with Crippen LogP contribution in [-0.2, 0) is 0 Å². The summed E-state index contributed by atoms with van der Waals surface area (Å²) < 4.78 is 0. The van der Waals surface area contributed by atoms with Gasteiger partial charge < -0.3 is 5.32 Å². The van der Waals surface area contributed by atoms with E-state index >= 15 is 0 Å². The molecular weight excluding hydrogens is 182 g/mol. The highest BCUT2D eigenvalue weighted by atomic mass is 14.9. The van der Waals surface area contributed by atoms with Crippen molar-refractivity contribution in [2.24, 2.45) is 11.8 Å². The van der Waals surface area contributed by atoms with Gasteiger partial charge in [-0.1, -0.05) is 32.8 Å². The molecule has 15 heavy (non-hydrogen) atoms. The third kappa shape index (κ3) is 4.38. The van der Waals surface area contributed by atoms with E-state index in [1.807, 2.05) is 0 Å². The minimum atomic E-state index is 0.685. The Kier molecular flexibility index (Phi) is 6.00. The summed E-state index contributed by atoms with van der Waals surface area (Å²) >= 11 is 0. The number of nitrogens with one attached hydrogen (secondary N) is 1. The van der Waals surface area contributed by atoms with Gasteiger partial charge in [0.1, 0.15) is 0 Å². The molecule has 1 fully saturated rings. The highest BCUT2D eigenvalue weighted by molar-refractivity contribution is 4.86. The predicted molar refractivity (Wildman–Crippen MR) is 68.0 cm³/mol. The highest BCUT2D eigenvalue weighted by Gasteiger charge is 2.25. The van der Waals surface area contributed by atoms with Gasteiger partial charge >= 0.3 is 0 Å². The van der Waals surface area contributed by atoms with E-state index in [9.17, 15) is 0 Å². The summed E-state index contributed by atoms with van der Waals surface area (Å²) in [6, 6.07) is 0.685. The normalized spacial score (nSPS) is 28.7. The van der Waals surface area contributed by atoms with Gasteiger partial charge in [0.25, 0.3) is 0 Å². The summed E-state index contributed by atoms with van der Waals surface area (Å²) in [5, 5.41) is 3.69. The first kappa shape index (κ1) is 12.8. The lowest BCUT2D eigenvalue weighted by molar-refractivity contribution is 0.223. The van der Waals surface area contributed by atoms with Crippen molar-refractivity contribution in [2.75, 3.05) is 6.54 Å². The zero-order chi connectivity index (χ0) is 11.1. The fraction of sp³-hybridized carbons (Fsp3) is 0.857. The van der Waals surface area contributed by atoms with Crippen LogP contribution < -0.4 is 5.32 Å². The van der Waals surface area contributed by atoms with Crippen molar-refractivity contribution >= 4 is 0 Å². The average Bonchev–Trinajstić information content (AvgIpc) is 2.24. The SMILES string of the molecule is C=CCC(NCCC)C1CCCC(C)C1. The van der Waals surface area contributed by atoms with Gasteiger partial charge in [0.05, 0.1) is 0 Å². The van der Waals surface area contributed by atoms with E-state index in [1.165, 1.54) is 32.1 Å². The molecule has 1 N–H and O–H groups in total. The zero-order valence-corrected chi connectivity index (χ0v) is 10.5. The molecule has 1 rings (SSSR count). The first-order valence-electron chi connectivity index (χ1n) is 6.62. The second-order valence-electron chi connectivity index (χ2n) is 5.12. The van der Waals surface area contributed by atoms with Crippen LogP contribution in [0.4, 0.5) is 0 Å². The van der Waals surface area contributed by atoms with Crippen LogP contribution in [-0.4, -0.2) is 12.6 Å². The van der Waals surface area contributed by atoms with Crippen LogP contribution in [0.5, 0.6) is 0 Å². The molecule has 0 bridgehead atoms. The van der Waals surface area contributed by atoms with Crippen molar-refractivity contribution in [3.05, 3.63) is 12.7 Å². The van der Waals surface area contributed by atoms with E-state index < -0.39 is 0 Å². The molecule has 0 aromatic rings. The molecule has 1 nitrogen and oxygen atoms in total. The first-order valence-corrected chi connectivity index (χ1v) is 6.62. The Hall–Kier alpha value is -0.300. The fourth-order valence-electron chi connectivity index (χ4n) is 2.80. The van der Waals surface area contributed by atoms with E-state index in [1.54, 1.807) is 0 Å². The topological polar surface area (TPSA) is 12.0 Å². The van der Waals surface area contributed by atoms with Gasteiger partial charge in [-0.25, -0.2) is 0 Å². The van der Waals surface area contributed by atoms with Crippen LogP contribution in [0.1, 0.15) is 52.4 Å². The Balaban J connectivity index is 2.41. The molecule has 0 amide bonds. The summed E-state index contributed by atoms with van der Waals surface area (Å²) in [5.74, 6) is 1.82. The molecule has 1 aliphatic rings.